The van der Waals surface area contributed by atoms with Gasteiger partial charge >= 0.3 is 0 Å². The third-order valence-corrected chi connectivity index (χ3v) is 2.98. The standard InChI is InChI=1S/C16H16N2O2/c1-17(2)16-6-4-3-5-14(16)10-7-13-8-11-15(12-9-13)18(19)20/h3-12H,1-2H3. The van der Waals surface area contributed by atoms with E-state index in [1.165, 1.54) is 12.1 Å². The topological polar surface area (TPSA) is 46.4 Å². The number of nitro groups is 1. The molecule has 0 heterocycles. The zero-order valence-corrected chi connectivity index (χ0v) is 11.5. The van der Waals surface area contributed by atoms with Gasteiger partial charge in [0.15, 0.2) is 0 Å². The van der Waals surface area contributed by atoms with Gasteiger partial charge in [-0.1, -0.05) is 30.4 Å². The lowest BCUT2D eigenvalue weighted by molar-refractivity contribution is -0.384. The van der Waals surface area contributed by atoms with Crippen LogP contribution in [0.3, 0.4) is 0 Å². The van der Waals surface area contributed by atoms with Crippen LogP contribution in [0, 0.1) is 10.1 Å². The van der Waals surface area contributed by atoms with Gasteiger partial charge in [0, 0.05) is 31.9 Å². The van der Waals surface area contributed by atoms with E-state index in [2.05, 4.69) is 11.0 Å². The van der Waals surface area contributed by atoms with Gasteiger partial charge in [-0.2, -0.15) is 0 Å². The molecule has 0 N–H and O–H groups in total. The van der Waals surface area contributed by atoms with Crippen molar-refractivity contribution >= 4 is 23.5 Å². The van der Waals surface area contributed by atoms with E-state index in [9.17, 15) is 10.1 Å². The first-order chi connectivity index (χ1) is 9.58. The molecule has 0 unspecified atom stereocenters. The molecule has 20 heavy (non-hydrogen) atoms. The number of nitro benzene ring substituents is 1. The molecule has 0 atom stereocenters. The van der Waals surface area contributed by atoms with Gasteiger partial charge in [-0.15, -0.1) is 0 Å². The minimum Gasteiger partial charge on any atom is -0.377 e. The van der Waals surface area contributed by atoms with Crippen molar-refractivity contribution in [1.82, 2.24) is 0 Å². The second-order valence-electron chi connectivity index (χ2n) is 4.64. The minimum absolute atomic E-state index is 0.107. The number of rotatable bonds is 4. The van der Waals surface area contributed by atoms with Crippen LogP contribution >= 0.6 is 0 Å². The summed E-state index contributed by atoms with van der Waals surface area (Å²) >= 11 is 0. The summed E-state index contributed by atoms with van der Waals surface area (Å²) in [5.74, 6) is 0. The van der Waals surface area contributed by atoms with Gasteiger partial charge in [0.05, 0.1) is 4.92 Å². The van der Waals surface area contributed by atoms with Gasteiger partial charge in [0.25, 0.3) is 5.69 Å². The lowest BCUT2D eigenvalue weighted by atomic mass is 10.1. The van der Waals surface area contributed by atoms with Gasteiger partial charge in [0.2, 0.25) is 0 Å². The molecule has 2 rings (SSSR count). The Hall–Kier alpha value is -2.62. The molecule has 102 valence electrons. The van der Waals surface area contributed by atoms with Gasteiger partial charge in [-0.3, -0.25) is 10.1 Å². The van der Waals surface area contributed by atoms with E-state index in [0.717, 1.165) is 16.8 Å². The van der Waals surface area contributed by atoms with Crippen molar-refractivity contribution in [3.63, 3.8) is 0 Å². The molecule has 0 spiro atoms. The van der Waals surface area contributed by atoms with Crippen LogP contribution in [0.4, 0.5) is 11.4 Å². The van der Waals surface area contributed by atoms with Crippen LogP contribution in [0.25, 0.3) is 12.2 Å². The molecular formula is C16H16N2O2. The fourth-order valence-corrected chi connectivity index (χ4v) is 1.93. The first kappa shape index (κ1) is 13.8. The molecule has 0 amide bonds. The Morgan fingerprint density at radius 2 is 1.65 bits per heavy atom. The minimum atomic E-state index is -0.394. The molecule has 4 nitrogen and oxygen atoms in total. The Kier molecular flexibility index (Phi) is 4.15. The van der Waals surface area contributed by atoms with Gasteiger partial charge < -0.3 is 4.90 Å². The highest BCUT2D eigenvalue weighted by Gasteiger charge is 2.03. The number of benzene rings is 2. The van der Waals surface area contributed by atoms with Crippen molar-refractivity contribution in [2.24, 2.45) is 0 Å². The maximum Gasteiger partial charge on any atom is 0.269 e. The highest BCUT2D eigenvalue weighted by Crippen LogP contribution is 2.21. The van der Waals surface area contributed by atoms with Crippen molar-refractivity contribution in [1.29, 1.82) is 0 Å². The first-order valence-electron chi connectivity index (χ1n) is 6.27. The third kappa shape index (κ3) is 3.23. The zero-order chi connectivity index (χ0) is 14.5. The lowest BCUT2D eigenvalue weighted by Gasteiger charge is -2.15. The zero-order valence-electron chi connectivity index (χ0n) is 11.5. The molecule has 0 radical (unpaired) electrons. The van der Waals surface area contributed by atoms with Crippen LogP contribution in [0.2, 0.25) is 0 Å². The molecule has 0 fully saturated rings. The van der Waals surface area contributed by atoms with Crippen LogP contribution in [0.5, 0.6) is 0 Å². The number of anilines is 1. The van der Waals surface area contributed by atoms with Crippen LogP contribution < -0.4 is 4.90 Å². The molecule has 4 heteroatoms. The van der Waals surface area contributed by atoms with Crippen molar-refractivity contribution in [2.75, 3.05) is 19.0 Å². The Bertz CT molecular complexity index is 631. The van der Waals surface area contributed by atoms with Crippen LogP contribution in [0.15, 0.2) is 48.5 Å². The molecule has 2 aromatic carbocycles. The summed E-state index contributed by atoms with van der Waals surface area (Å²) < 4.78 is 0. The van der Waals surface area contributed by atoms with Gasteiger partial charge in [-0.05, 0) is 29.3 Å². The van der Waals surface area contributed by atoms with Gasteiger partial charge in [0.1, 0.15) is 0 Å². The highest BCUT2D eigenvalue weighted by atomic mass is 16.6. The fraction of sp³-hybridized carbons (Fsp3) is 0.125. The van der Waals surface area contributed by atoms with Crippen molar-refractivity contribution in [3.05, 3.63) is 69.8 Å². The van der Waals surface area contributed by atoms with Crippen molar-refractivity contribution < 1.29 is 4.92 Å². The van der Waals surface area contributed by atoms with E-state index >= 15 is 0 Å². The molecule has 0 saturated carbocycles. The summed E-state index contributed by atoms with van der Waals surface area (Å²) in [6.07, 6.45) is 3.96. The molecule has 0 aliphatic heterocycles. The Labute approximate surface area is 118 Å². The number of nitrogens with zero attached hydrogens (tertiary/aromatic N) is 2. The number of hydrogen-bond acceptors (Lipinski definition) is 3. The quantitative estimate of drug-likeness (QED) is 0.481. The molecule has 2 aromatic rings. The summed E-state index contributed by atoms with van der Waals surface area (Å²) in [7, 11) is 4.00. The van der Waals surface area contributed by atoms with Crippen molar-refractivity contribution in [3.8, 4) is 0 Å². The number of hydrogen-bond donors (Lipinski definition) is 0. The summed E-state index contributed by atoms with van der Waals surface area (Å²) in [5, 5.41) is 10.6. The molecule has 0 aromatic heterocycles. The molecule has 0 aliphatic rings. The predicted octanol–water partition coefficient (Wildman–Crippen LogP) is 3.83. The lowest BCUT2D eigenvalue weighted by Crippen LogP contribution is -2.09. The predicted molar refractivity (Wildman–Crippen MR) is 82.8 cm³/mol. The first-order valence-corrected chi connectivity index (χ1v) is 6.27. The summed E-state index contributed by atoms with van der Waals surface area (Å²) in [4.78, 5) is 12.3. The second kappa shape index (κ2) is 6.02. The second-order valence-corrected chi connectivity index (χ2v) is 4.64. The van der Waals surface area contributed by atoms with E-state index in [0.29, 0.717) is 0 Å². The average molecular weight is 268 g/mol. The van der Waals surface area contributed by atoms with E-state index in [1.807, 2.05) is 44.4 Å². The largest absolute Gasteiger partial charge is 0.377 e. The summed E-state index contributed by atoms with van der Waals surface area (Å²) in [6.45, 7) is 0. The van der Waals surface area contributed by atoms with Crippen LogP contribution in [0.1, 0.15) is 11.1 Å². The van der Waals surface area contributed by atoms with E-state index in [-0.39, 0.29) is 5.69 Å². The van der Waals surface area contributed by atoms with E-state index in [4.69, 9.17) is 0 Å². The Morgan fingerprint density at radius 1 is 1.00 bits per heavy atom. The maximum atomic E-state index is 10.6. The number of para-hydroxylation sites is 1. The molecule has 0 saturated heterocycles. The highest BCUT2D eigenvalue weighted by molar-refractivity contribution is 5.77. The van der Waals surface area contributed by atoms with Crippen LogP contribution in [-0.4, -0.2) is 19.0 Å². The van der Waals surface area contributed by atoms with E-state index in [1.54, 1.807) is 12.1 Å². The van der Waals surface area contributed by atoms with Crippen LogP contribution in [-0.2, 0) is 0 Å². The maximum absolute atomic E-state index is 10.6. The molecule has 0 aliphatic carbocycles. The smallest absolute Gasteiger partial charge is 0.269 e. The summed E-state index contributed by atoms with van der Waals surface area (Å²) in [6, 6.07) is 14.6. The molecule has 0 bridgehead atoms. The Balaban J connectivity index is 2.23. The van der Waals surface area contributed by atoms with E-state index < -0.39 is 4.92 Å². The SMILES string of the molecule is CN(C)c1ccccc1C=Cc1ccc([N+](=O)[O-])cc1. The normalized spacial score (nSPS) is 10.7. The molecular weight excluding hydrogens is 252 g/mol. The third-order valence-electron chi connectivity index (χ3n) is 2.98. The summed E-state index contributed by atoms with van der Waals surface area (Å²) in [5.41, 5.74) is 3.28. The monoisotopic (exact) mass is 268 g/mol. The average Bonchev–Trinajstić information content (AvgIpc) is 2.45. The van der Waals surface area contributed by atoms with Crippen molar-refractivity contribution in [2.45, 2.75) is 0 Å². The van der Waals surface area contributed by atoms with Gasteiger partial charge in [-0.25, -0.2) is 0 Å². The number of non-ortho nitro benzene ring substituents is 1. The fourth-order valence-electron chi connectivity index (χ4n) is 1.93. The Morgan fingerprint density at radius 3 is 2.25 bits per heavy atom.